The van der Waals surface area contributed by atoms with Crippen LogP contribution in [0.1, 0.15) is 220 Å². The lowest BCUT2D eigenvalue weighted by Crippen LogP contribution is -2.30. The monoisotopic (exact) mass is 861 g/mol. The molecule has 0 rings (SSSR count). The maximum Gasteiger partial charge on any atom is 0.306 e. The Balaban J connectivity index is 4.25. The van der Waals surface area contributed by atoms with E-state index in [-0.39, 0.29) is 31.1 Å². The molecule has 0 aromatic carbocycles. The largest absolute Gasteiger partial charge is 0.462 e. The highest BCUT2D eigenvalue weighted by atomic mass is 16.6. The van der Waals surface area contributed by atoms with E-state index in [1.807, 2.05) is 0 Å². The van der Waals surface area contributed by atoms with E-state index in [1.165, 1.54) is 44.9 Å². The van der Waals surface area contributed by atoms with Crippen LogP contribution in [0.5, 0.6) is 0 Å². The molecule has 0 amide bonds. The third kappa shape index (κ3) is 47.4. The van der Waals surface area contributed by atoms with Crippen molar-refractivity contribution in [2.45, 2.75) is 226 Å². The van der Waals surface area contributed by atoms with Crippen LogP contribution in [0.3, 0.4) is 0 Å². The van der Waals surface area contributed by atoms with Gasteiger partial charge in [-0.25, -0.2) is 0 Å². The van der Waals surface area contributed by atoms with Crippen molar-refractivity contribution >= 4 is 17.9 Å². The van der Waals surface area contributed by atoms with Crippen LogP contribution in [0.2, 0.25) is 0 Å². The van der Waals surface area contributed by atoms with Crippen molar-refractivity contribution in [3.63, 3.8) is 0 Å². The zero-order valence-electron chi connectivity index (χ0n) is 40.1. The first-order chi connectivity index (χ1) is 30.5. The zero-order valence-corrected chi connectivity index (χ0v) is 40.1. The number of unbranched alkanes of at least 4 members (excludes halogenated alkanes) is 17. The molecule has 6 heteroatoms. The molecular formula is C56H92O6. The molecule has 0 heterocycles. The zero-order chi connectivity index (χ0) is 45.1. The molecular weight excluding hydrogens is 769 g/mol. The lowest BCUT2D eigenvalue weighted by Gasteiger charge is -2.18. The maximum absolute atomic E-state index is 12.7. The van der Waals surface area contributed by atoms with Crippen LogP contribution in [0.25, 0.3) is 0 Å². The van der Waals surface area contributed by atoms with Gasteiger partial charge in [-0.1, -0.05) is 201 Å². The summed E-state index contributed by atoms with van der Waals surface area (Å²) in [6.45, 7) is 6.31. The summed E-state index contributed by atoms with van der Waals surface area (Å²) < 4.78 is 16.7. The molecule has 0 aliphatic heterocycles. The Morgan fingerprint density at radius 2 is 0.629 bits per heavy atom. The third-order valence-electron chi connectivity index (χ3n) is 10.3. The second-order valence-corrected chi connectivity index (χ2v) is 16.3. The Bertz CT molecular complexity index is 1260. The fraction of sp³-hybridized carbons (Fsp3) is 0.661. The van der Waals surface area contributed by atoms with Crippen LogP contribution in [0.4, 0.5) is 0 Å². The fourth-order valence-electron chi connectivity index (χ4n) is 6.60. The van der Waals surface area contributed by atoms with Gasteiger partial charge in [-0.3, -0.25) is 14.4 Å². The van der Waals surface area contributed by atoms with Gasteiger partial charge in [-0.15, -0.1) is 0 Å². The minimum Gasteiger partial charge on any atom is -0.462 e. The summed E-state index contributed by atoms with van der Waals surface area (Å²) >= 11 is 0. The summed E-state index contributed by atoms with van der Waals surface area (Å²) in [5.41, 5.74) is 0. The van der Waals surface area contributed by atoms with Crippen molar-refractivity contribution in [1.82, 2.24) is 0 Å². The van der Waals surface area contributed by atoms with E-state index in [1.54, 1.807) is 0 Å². The van der Waals surface area contributed by atoms with E-state index in [9.17, 15) is 14.4 Å². The average molecular weight is 861 g/mol. The Morgan fingerprint density at radius 1 is 0.339 bits per heavy atom. The molecule has 0 spiro atoms. The second-order valence-electron chi connectivity index (χ2n) is 16.3. The van der Waals surface area contributed by atoms with Crippen molar-refractivity contribution in [2.75, 3.05) is 13.2 Å². The number of carbonyl (C=O) groups is 3. The highest BCUT2D eigenvalue weighted by Gasteiger charge is 2.19. The van der Waals surface area contributed by atoms with Crippen LogP contribution in [0.15, 0.2) is 97.2 Å². The lowest BCUT2D eigenvalue weighted by atomic mass is 10.1. The molecule has 0 aliphatic rings. The van der Waals surface area contributed by atoms with E-state index in [0.717, 1.165) is 135 Å². The molecule has 0 saturated carbocycles. The molecule has 0 fully saturated rings. The normalized spacial score (nSPS) is 12.9. The topological polar surface area (TPSA) is 78.9 Å². The van der Waals surface area contributed by atoms with Gasteiger partial charge in [-0.05, 0) is 96.3 Å². The minimum atomic E-state index is -0.788. The Hall–Kier alpha value is -3.67. The lowest BCUT2D eigenvalue weighted by molar-refractivity contribution is -0.167. The second kappa shape index (κ2) is 50.0. The Kier molecular flexibility index (Phi) is 47.0. The fourth-order valence-corrected chi connectivity index (χ4v) is 6.60. The SMILES string of the molecule is CC/C=C\C/C=C\C/C=C\C/C=C\C/C=C\CCCCCCCCCC(=O)OCC(COC(=O)CCCCCCCC)OC(=O)CCCCCCC/C=C\C/C=C\C/C=C\CC. The van der Waals surface area contributed by atoms with Crippen molar-refractivity contribution in [3.05, 3.63) is 97.2 Å². The summed E-state index contributed by atoms with van der Waals surface area (Å²) in [6.07, 6.45) is 65.6. The number of hydrogen-bond acceptors (Lipinski definition) is 6. The molecule has 62 heavy (non-hydrogen) atoms. The third-order valence-corrected chi connectivity index (χ3v) is 10.3. The van der Waals surface area contributed by atoms with Gasteiger partial charge in [0.25, 0.3) is 0 Å². The first-order valence-electron chi connectivity index (χ1n) is 25.2. The molecule has 0 N–H and O–H groups in total. The van der Waals surface area contributed by atoms with Gasteiger partial charge in [0.2, 0.25) is 0 Å². The van der Waals surface area contributed by atoms with Gasteiger partial charge < -0.3 is 14.2 Å². The van der Waals surface area contributed by atoms with E-state index in [0.29, 0.717) is 19.3 Å². The predicted octanol–water partition coefficient (Wildman–Crippen LogP) is 16.6. The first kappa shape index (κ1) is 58.3. The van der Waals surface area contributed by atoms with Crippen molar-refractivity contribution in [3.8, 4) is 0 Å². The van der Waals surface area contributed by atoms with Crippen LogP contribution >= 0.6 is 0 Å². The number of ether oxygens (including phenoxy) is 3. The molecule has 0 radical (unpaired) electrons. The first-order valence-corrected chi connectivity index (χ1v) is 25.2. The van der Waals surface area contributed by atoms with Gasteiger partial charge in [0.05, 0.1) is 0 Å². The standard InChI is InChI=1S/C56H92O6/c1-4-7-10-13-16-18-20-22-24-25-26-27-28-29-30-31-33-34-36-38-40-43-46-49-55(58)61-52-53(51-60-54(57)48-45-42-15-12-9-6-3)62-56(59)50-47-44-41-39-37-35-32-23-21-19-17-14-11-8-5-2/h7-8,10-11,16-19,22-24,26-27,29-30,32,53H,4-6,9,12-15,20-21,25,28,31,33-52H2,1-3H3/b10-7-,11-8-,18-16-,19-17-,24-22-,27-26-,30-29-,32-23-. The summed E-state index contributed by atoms with van der Waals surface area (Å²) in [7, 11) is 0. The average Bonchev–Trinajstić information content (AvgIpc) is 3.27. The van der Waals surface area contributed by atoms with Crippen LogP contribution in [-0.2, 0) is 28.6 Å². The number of esters is 3. The summed E-state index contributed by atoms with van der Waals surface area (Å²) in [6, 6.07) is 0. The van der Waals surface area contributed by atoms with E-state index in [2.05, 4.69) is 118 Å². The summed E-state index contributed by atoms with van der Waals surface area (Å²) in [5.74, 6) is -0.933. The van der Waals surface area contributed by atoms with Crippen LogP contribution in [-0.4, -0.2) is 37.2 Å². The number of rotatable bonds is 44. The summed E-state index contributed by atoms with van der Waals surface area (Å²) in [4.78, 5) is 37.7. The Morgan fingerprint density at radius 3 is 0.984 bits per heavy atom. The van der Waals surface area contributed by atoms with Crippen molar-refractivity contribution in [1.29, 1.82) is 0 Å². The van der Waals surface area contributed by atoms with E-state index >= 15 is 0 Å². The smallest absolute Gasteiger partial charge is 0.306 e. The maximum atomic E-state index is 12.7. The van der Waals surface area contributed by atoms with Gasteiger partial charge in [0, 0.05) is 19.3 Å². The van der Waals surface area contributed by atoms with Gasteiger partial charge in [0.1, 0.15) is 13.2 Å². The molecule has 0 saturated heterocycles. The van der Waals surface area contributed by atoms with Crippen LogP contribution < -0.4 is 0 Å². The van der Waals surface area contributed by atoms with Gasteiger partial charge in [0.15, 0.2) is 6.10 Å². The number of carbonyl (C=O) groups excluding carboxylic acids is 3. The van der Waals surface area contributed by atoms with Crippen molar-refractivity contribution < 1.29 is 28.6 Å². The van der Waals surface area contributed by atoms with E-state index in [4.69, 9.17) is 14.2 Å². The molecule has 352 valence electrons. The quantitative estimate of drug-likeness (QED) is 0.0263. The van der Waals surface area contributed by atoms with Crippen LogP contribution in [0, 0.1) is 0 Å². The molecule has 0 bridgehead atoms. The van der Waals surface area contributed by atoms with Gasteiger partial charge >= 0.3 is 17.9 Å². The summed E-state index contributed by atoms with van der Waals surface area (Å²) in [5, 5.41) is 0. The number of allylic oxidation sites excluding steroid dienone is 16. The molecule has 1 atom stereocenters. The molecule has 1 unspecified atom stereocenters. The number of hydrogen-bond donors (Lipinski definition) is 0. The minimum absolute atomic E-state index is 0.0893. The van der Waals surface area contributed by atoms with Gasteiger partial charge in [-0.2, -0.15) is 0 Å². The van der Waals surface area contributed by atoms with E-state index < -0.39 is 6.10 Å². The van der Waals surface area contributed by atoms with Crippen molar-refractivity contribution in [2.24, 2.45) is 0 Å². The Labute approximate surface area is 381 Å². The highest BCUT2D eigenvalue weighted by molar-refractivity contribution is 5.71. The highest BCUT2D eigenvalue weighted by Crippen LogP contribution is 2.13. The molecule has 6 nitrogen and oxygen atoms in total. The predicted molar refractivity (Wildman–Crippen MR) is 265 cm³/mol. The molecule has 0 aromatic rings. The molecule has 0 aromatic heterocycles. The molecule has 0 aliphatic carbocycles.